The van der Waals surface area contributed by atoms with Gasteiger partial charge in [0.05, 0.1) is 5.56 Å². The molecule has 0 spiro atoms. The van der Waals surface area contributed by atoms with Crippen LogP contribution in [0.15, 0.2) is 34.6 Å². The molecule has 1 aliphatic carbocycles. The third kappa shape index (κ3) is 2.70. The summed E-state index contributed by atoms with van der Waals surface area (Å²) in [6.45, 7) is 0. The summed E-state index contributed by atoms with van der Waals surface area (Å²) in [5.74, 6) is -1.21. The van der Waals surface area contributed by atoms with Crippen molar-refractivity contribution in [3.8, 4) is 0 Å². The van der Waals surface area contributed by atoms with Crippen LogP contribution in [0.2, 0.25) is 0 Å². The van der Waals surface area contributed by atoms with Crippen molar-refractivity contribution in [3.05, 3.63) is 56.7 Å². The van der Waals surface area contributed by atoms with E-state index in [0.717, 1.165) is 12.8 Å². The zero-order chi connectivity index (χ0) is 16.4. The number of nitrogens with zero attached hydrogens (tertiary/aromatic N) is 7. The van der Waals surface area contributed by atoms with Crippen LogP contribution in [0, 0.1) is 5.82 Å². The highest BCUT2D eigenvalue weighted by Gasteiger charge is 2.27. The quantitative estimate of drug-likeness (QED) is 0.458. The number of hydrogen-bond acceptors (Lipinski definition) is 2. The van der Waals surface area contributed by atoms with Crippen LogP contribution < -0.4 is 0 Å². The van der Waals surface area contributed by atoms with Crippen molar-refractivity contribution >= 4 is 16.8 Å². The van der Waals surface area contributed by atoms with E-state index in [4.69, 9.17) is 11.1 Å². The first-order chi connectivity index (χ1) is 11.1. The van der Waals surface area contributed by atoms with Gasteiger partial charge in [0.15, 0.2) is 0 Å². The third-order valence-corrected chi connectivity index (χ3v) is 4.15. The van der Waals surface area contributed by atoms with E-state index in [0.29, 0.717) is 17.3 Å². The summed E-state index contributed by atoms with van der Waals surface area (Å²) in [5.41, 5.74) is 17.8. The van der Waals surface area contributed by atoms with Crippen LogP contribution in [0.25, 0.3) is 31.8 Å². The highest BCUT2D eigenvalue weighted by atomic mass is 19.1. The summed E-state index contributed by atoms with van der Waals surface area (Å²) in [7, 11) is 0. The fourth-order valence-corrected chi connectivity index (χ4v) is 3.16. The van der Waals surface area contributed by atoms with Crippen molar-refractivity contribution in [3.63, 3.8) is 0 Å². The lowest BCUT2D eigenvalue weighted by Gasteiger charge is -2.13. The van der Waals surface area contributed by atoms with Gasteiger partial charge in [-0.1, -0.05) is 5.11 Å². The molecule has 1 heterocycles. The molecule has 3 rings (SSSR count). The molecule has 0 radical (unpaired) electrons. The minimum absolute atomic E-state index is 0.0473. The maximum Gasteiger partial charge on any atom is 0.251 e. The fourth-order valence-electron chi connectivity index (χ4n) is 3.16. The van der Waals surface area contributed by atoms with E-state index in [-0.39, 0.29) is 17.6 Å². The van der Waals surface area contributed by atoms with Gasteiger partial charge in [-0.3, -0.25) is 4.79 Å². The van der Waals surface area contributed by atoms with E-state index < -0.39 is 11.7 Å². The predicted octanol–water partition coefficient (Wildman–Crippen LogP) is 4.63. The molecule has 0 saturated heterocycles. The second kappa shape index (κ2) is 6.00. The van der Waals surface area contributed by atoms with Crippen LogP contribution in [0.4, 0.5) is 4.39 Å². The zero-order valence-corrected chi connectivity index (χ0v) is 12.0. The number of amides is 1. The SMILES string of the molecule is [N-]=[N+]=NC(=O)c1cn([C@H]2CC[C@H](N=[N+]=[N-])C2)c2ccc(F)cc12. The Balaban J connectivity index is 2.09. The summed E-state index contributed by atoms with van der Waals surface area (Å²) in [5, 5.41) is 7.25. The third-order valence-electron chi connectivity index (χ3n) is 4.15. The lowest BCUT2D eigenvalue weighted by Crippen LogP contribution is -2.05. The van der Waals surface area contributed by atoms with Crippen molar-refractivity contribution < 1.29 is 9.18 Å². The van der Waals surface area contributed by atoms with Gasteiger partial charge in [-0.25, -0.2) is 4.39 Å². The maximum atomic E-state index is 13.5. The molecule has 1 aliphatic rings. The van der Waals surface area contributed by atoms with E-state index >= 15 is 0 Å². The summed E-state index contributed by atoms with van der Waals surface area (Å²) in [6, 6.07) is 4.13. The fraction of sp³-hybridized carbons (Fsp3) is 0.357. The first-order valence-electron chi connectivity index (χ1n) is 7.07. The molecule has 1 aromatic heterocycles. The van der Waals surface area contributed by atoms with E-state index in [2.05, 4.69) is 20.1 Å². The minimum Gasteiger partial charge on any atom is -0.344 e. The molecule has 2 aromatic rings. The molecule has 1 amide bonds. The molecular formula is C14H12FN7O. The minimum atomic E-state index is -0.744. The molecule has 1 fully saturated rings. The number of benzene rings is 1. The Kier molecular flexibility index (Phi) is 3.89. The van der Waals surface area contributed by atoms with Gasteiger partial charge < -0.3 is 4.57 Å². The highest BCUT2D eigenvalue weighted by molar-refractivity contribution is 6.07. The molecule has 116 valence electrons. The van der Waals surface area contributed by atoms with Gasteiger partial charge in [0, 0.05) is 39.0 Å². The average Bonchev–Trinajstić information content (AvgIpc) is 3.12. The molecular weight excluding hydrogens is 301 g/mol. The number of hydrogen-bond donors (Lipinski definition) is 0. The van der Waals surface area contributed by atoms with Crippen LogP contribution in [0.1, 0.15) is 35.7 Å². The number of carbonyl (C=O) groups is 1. The molecule has 1 saturated carbocycles. The first-order valence-corrected chi connectivity index (χ1v) is 7.07. The van der Waals surface area contributed by atoms with Gasteiger partial charge >= 0.3 is 0 Å². The Morgan fingerprint density at radius 1 is 1.30 bits per heavy atom. The number of azide groups is 2. The summed E-state index contributed by atoms with van der Waals surface area (Å²) >= 11 is 0. The normalized spacial score (nSPS) is 20.0. The molecule has 2 atom stereocenters. The topological polar surface area (TPSA) is 120 Å². The number of carbonyl (C=O) groups excluding carboxylic acids is 1. The Labute approximate surface area is 129 Å². The Hall–Kier alpha value is -3.02. The van der Waals surface area contributed by atoms with Gasteiger partial charge in [-0.05, 0) is 53.6 Å². The van der Waals surface area contributed by atoms with Crippen LogP contribution >= 0.6 is 0 Å². The largest absolute Gasteiger partial charge is 0.344 e. The average molecular weight is 313 g/mol. The van der Waals surface area contributed by atoms with E-state index in [1.54, 1.807) is 12.3 Å². The van der Waals surface area contributed by atoms with Crippen LogP contribution in [-0.2, 0) is 0 Å². The maximum absolute atomic E-state index is 13.5. The Bertz CT molecular complexity index is 877. The molecule has 0 N–H and O–H groups in total. The highest BCUT2D eigenvalue weighted by Crippen LogP contribution is 2.36. The predicted molar refractivity (Wildman–Crippen MR) is 81.2 cm³/mol. The summed E-state index contributed by atoms with van der Waals surface area (Å²) in [6.07, 6.45) is 3.79. The van der Waals surface area contributed by atoms with Gasteiger partial charge in [0.1, 0.15) is 5.82 Å². The Morgan fingerprint density at radius 3 is 2.87 bits per heavy atom. The van der Waals surface area contributed by atoms with Crippen molar-refractivity contribution in [2.45, 2.75) is 31.3 Å². The zero-order valence-electron chi connectivity index (χ0n) is 12.0. The van der Waals surface area contributed by atoms with E-state index in [1.807, 2.05) is 4.57 Å². The first kappa shape index (κ1) is 14.9. The van der Waals surface area contributed by atoms with Gasteiger partial charge in [-0.15, -0.1) is 0 Å². The van der Waals surface area contributed by atoms with Crippen LogP contribution in [0.3, 0.4) is 0 Å². The standard InChI is InChI=1S/C14H12FN7O/c15-8-1-4-13-11(5-8)12(14(23)19-21-17)7-22(13)10-3-2-9(6-10)18-20-16/h1,4-5,7,9-10H,2-3,6H2/t9-,10-/m0/s1. The molecule has 1 aromatic carbocycles. The molecule has 0 aliphatic heterocycles. The number of fused-ring (bicyclic) bond motifs is 1. The molecule has 0 bridgehead atoms. The van der Waals surface area contributed by atoms with Gasteiger partial charge in [-0.2, -0.15) is 0 Å². The summed E-state index contributed by atoms with van der Waals surface area (Å²) < 4.78 is 15.4. The van der Waals surface area contributed by atoms with Crippen molar-refractivity contribution in [1.29, 1.82) is 0 Å². The number of halogens is 1. The molecule has 8 nitrogen and oxygen atoms in total. The van der Waals surface area contributed by atoms with Crippen molar-refractivity contribution in [2.75, 3.05) is 0 Å². The second-order valence-electron chi connectivity index (χ2n) is 5.43. The van der Waals surface area contributed by atoms with E-state index in [1.165, 1.54) is 12.1 Å². The number of rotatable bonds is 3. The smallest absolute Gasteiger partial charge is 0.251 e. The number of aromatic nitrogens is 1. The lowest BCUT2D eigenvalue weighted by atomic mass is 10.1. The van der Waals surface area contributed by atoms with Crippen molar-refractivity contribution in [1.82, 2.24) is 4.57 Å². The van der Waals surface area contributed by atoms with E-state index in [9.17, 15) is 9.18 Å². The second-order valence-corrected chi connectivity index (χ2v) is 5.43. The Morgan fingerprint density at radius 2 is 2.13 bits per heavy atom. The van der Waals surface area contributed by atoms with Gasteiger partial charge in [0.25, 0.3) is 5.91 Å². The molecule has 0 unspecified atom stereocenters. The molecule has 9 heteroatoms. The van der Waals surface area contributed by atoms with Crippen LogP contribution in [-0.4, -0.2) is 16.5 Å². The van der Waals surface area contributed by atoms with Gasteiger partial charge in [0.2, 0.25) is 0 Å². The molecule has 23 heavy (non-hydrogen) atoms. The summed E-state index contributed by atoms with van der Waals surface area (Å²) in [4.78, 5) is 17.3. The lowest BCUT2D eigenvalue weighted by molar-refractivity contribution is 0.100. The van der Waals surface area contributed by atoms with Crippen LogP contribution in [0.5, 0.6) is 0 Å². The monoisotopic (exact) mass is 313 g/mol. The van der Waals surface area contributed by atoms with Crippen molar-refractivity contribution in [2.24, 2.45) is 10.2 Å².